The van der Waals surface area contributed by atoms with Crippen LogP contribution in [-0.2, 0) is 11.0 Å². The van der Waals surface area contributed by atoms with E-state index in [1.807, 2.05) is 0 Å². The third-order valence-electron chi connectivity index (χ3n) is 6.67. The SMILES string of the molecule is Cc1cn(-c2cc(NC(=O)c3cccc4cc(Oc5cc(NC(=O)C6CC6)ncn5)ccc34)cc(C(F)(F)F)c2)cn1. The van der Waals surface area contributed by atoms with Gasteiger partial charge in [0.15, 0.2) is 0 Å². The van der Waals surface area contributed by atoms with Gasteiger partial charge in [0.1, 0.15) is 17.9 Å². The average molecular weight is 573 g/mol. The Morgan fingerprint density at radius 1 is 0.976 bits per heavy atom. The molecular weight excluding hydrogens is 549 g/mol. The molecule has 3 aromatic carbocycles. The van der Waals surface area contributed by atoms with Crippen molar-refractivity contribution in [3.05, 3.63) is 96.3 Å². The van der Waals surface area contributed by atoms with Crippen molar-refractivity contribution in [2.45, 2.75) is 25.9 Å². The number of aryl methyl sites for hydroxylation is 1. The fraction of sp³-hybridized carbons (Fsp3) is 0.167. The number of alkyl halides is 3. The van der Waals surface area contributed by atoms with E-state index in [0.717, 1.165) is 25.0 Å². The molecule has 0 aliphatic heterocycles. The Hall–Kier alpha value is -5.26. The van der Waals surface area contributed by atoms with Gasteiger partial charge in [-0.05, 0) is 73.0 Å². The number of imidazole rings is 1. The maximum Gasteiger partial charge on any atom is 0.416 e. The van der Waals surface area contributed by atoms with E-state index in [0.29, 0.717) is 28.0 Å². The smallest absolute Gasteiger partial charge is 0.416 e. The number of benzene rings is 3. The Bertz CT molecular complexity index is 1830. The number of aromatic nitrogens is 4. The summed E-state index contributed by atoms with van der Waals surface area (Å²) in [6.07, 6.45) is 1.40. The largest absolute Gasteiger partial charge is 0.439 e. The van der Waals surface area contributed by atoms with Crippen LogP contribution < -0.4 is 15.4 Å². The molecule has 0 atom stereocenters. The van der Waals surface area contributed by atoms with Crippen LogP contribution in [0.5, 0.6) is 11.6 Å². The van der Waals surface area contributed by atoms with Crippen molar-refractivity contribution in [3.8, 4) is 17.3 Å². The summed E-state index contributed by atoms with van der Waals surface area (Å²) in [4.78, 5) is 37.6. The maximum atomic E-state index is 13.7. The summed E-state index contributed by atoms with van der Waals surface area (Å²) in [6, 6.07) is 14.9. The lowest BCUT2D eigenvalue weighted by molar-refractivity contribution is -0.137. The molecule has 0 bridgehead atoms. The fourth-order valence-electron chi connectivity index (χ4n) is 4.44. The minimum atomic E-state index is -4.62. The lowest BCUT2D eigenvalue weighted by atomic mass is 10.0. The number of hydrogen-bond acceptors (Lipinski definition) is 6. The topological polar surface area (TPSA) is 111 Å². The molecule has 0 unspecified atom stereocenters. The molecule has 2 aromatic heterocycles. The van der Waals surface area contributed by atoms with Gasteiger partial charge in [0.25, 0.3) is 5.91 Å². The summed E-state index contributed by atoms with van der Waals surface area (Å²) in [7, 11) is 0. The van der Waals surface area contributed by atoms with E-state index >= 15 is 0 Å². The molecule has 2 N–H and O–H groups in total. The number of nitrogens with one attached hydrogen (secondary N) is 2. The first kappa shape index (κ1) is 26.9. The first-order valence-electron chi connectivity index (χ1n) is 13.0. The number of halogens is 3. The van der Waals surface area contributed by atoms with E-state index in [1.165, 1.54) is 29.4 Å². The molecule has 5 aromatic rings. The van der Waals surface area contributed by atoms with Crippen molar-refractivity contribution in [1.29, 1.82) is 0 Å². The van der Waals surface area contributed by atoms with E-state index in [-0.39, 0.29) is 34.6 Å². The zero-order chi connectivity index (χ0) is 29.4. The number of anilines is 2. The van der Waals surface area contributed by atoms with Crippen molar-refractivity contribution in [2.75, 3.05) is 10.6 Å². The highest BCUT2D eigenvalue weighted by Crippen LogP contribution is 2.34. The first-order chi connectivity index (χ1) is 20.1. The molecule has 0 saturated heterocycles. The van der Waals surface area contributed by atoms with Gasteiger partial charge in [-0.1, -0.05) is 12.1 Å². The van der Waals surface area contributed by atoms with Crippen LogP contribution in [0.3, 0.4) is 0 Å². The third kappa shape index (κ3) is 5.92. The Morgan fingerprint density at radius 3 is 2.55 bits per heavy atom. The van der Waals surface area contributed by atoms with E-state index in [1.54, 1.807) is 49.5 Å². The number of carbonyl (C=O) groups is 2. The van der Waals surface area contributed by atoms with Gasteiger partial charge in [0.2, 0.25) is 11.8 Å². The minimum Gasteiger partial charge on any atom is -0.439 e. The molecule has 9 nitrogen and oxygen atoms in total. The van der Waals surface area contributed by atoms with Crippen molar-refractivity contribution in [1.82, 2.24) is 19.5 Å². The highest BCUT2D eigenvalue weighted by atomic mass is 19.4. The Kier molecular flexibility index (Phi) is 6.81. The molecule has 2 amide bonds. The number of ether oxygens (including phenoxy) is 1. The highest BCUT2D eigenvalue weighted by Gasteiger charge is 2.32. The molecule has 0 radical (unpaired) electrons. The van der Waals surface area contributed by atoms with Crippen molar-refractivity contribution in [2.24, 2.45) is 5.92 Å². The van der Waals surface area contributed by atoms with Crippen LogP contribution in [0.4, 0.5) is 24.7 Å². The predicted octanol–water partition coefficient (Wildman–Crippen LogP) is 6.54. The number of hydrogen-bond donors (Lipinski definition) is 2. The van der Waals surface area contributed by atoms with Crippen LogP contribution in [0.1, 0.15) is 34.5 Å². The van der Waals surface area contributed by atoms with Crippen LogP contribution in [0.2, 0.25) is 0 Å². The van der Waals surface area contributed by atoms with Gasteiger partial charge in [-0.25, -0.2) is 15.0 Å². The lowest BCUT2D eigenvalue weighted by Crippen LogP contribution is -2.14. The van der Waals surface area contributed by atoms with Gasteiger partial charge in [-0.2, -0.15) is 13.2 Å². The second-order valence-electron chi connectivity index (χ2n) is 9.94. The summed E-state index contributed by atoms with van der Waals surface area (Å²) in [5.41, 5.74) is 0.199. The molecule has 2 heterocycles. The second kappa shape index (κ2) is 10.6. The first-order valence-corrected chi connectivity index (χ1v) is 13.0. The summed E-state index contributed by atoms with van der Waals surface area (Å²) in [6.45, 7) is 1.73. The van der Waals surface area contributed by atoms with E-state index in [2.05, 4.69) is 25.6 Å². The third-order valence-corrected chi connectivity index (χ3v) is 6.67. The Labute approximate surface area is 237 Å². The normalized spacial score (nSPS) is 13.1. The van der Waals surface area contributed by atoms with E-state index < -0.39 is 17.6 Å². The molecule has 1 fully saturated rings. The molecule has 0 spiro atoms. The molecule has 1 aliphatic rings. The van der Waals surface area contributed by atoms with Crippen molar-refractivity contribution >= 4 is 34.1 Å². The molecule has 1 aliphatic carbocycles. The summed E-state index contributed by atoms with van der Waals surface area (Å²) >= 11 is 0. The zero-order valence-electron chi connectivity index (χ0n) is 22.1. The summed E-state index contributed by atoms with van der Waals surface area (Å²) in [5, 5.41) is 6.59. The minimum absolute atomic E-state index is 0.0125. The monoisotopic (exact) mass is 572 g/mol. The zero-order valence-corrected chi connectivity index (χ0v) is 22.1. The summed E-state index contributed by atoms with van der Waals surface area (Å²) < 4.78 is 48.3. The number of carbonyl (C=O) groups excluding carboxylic acids is 2. The van der Waals surface area contributed by atoms with Crippen LogP contribution in [0.15, 0.2) is 79.5 Å². The number of rotatable bonds is 7. The van der Waals surface area contributed by atoms with Crippen LogP contribution >= 0.6 is 0 Å². The lowest BCUT2D eigenvalue weighted by Gasteiger charge is -2.14. The van der Waals surface area contributed by atoms with E-state index in [4.69, 9.17) is 4.74 Å². The van der Waals surface area contributed by atoms with Crippen LogP contribution in [-0.4, -0.2) is 31.3 Å². The van der Waals surface area contributed by atoms with E-state index in [9.17, 15) is 22.8 Å². The molecule has 212 valence electrons. The molecule has 1 saturated carbocycles. The Morgan fingerprint density at radius 2 is 1.81 bits per heavy atom. The second-order valence-corrected chi connectivity index (χ2v) is 9.94. The van der Waals surface area contributed by atoms with Gasteiger partial charge in [-0.15, -0.1) is 0 Å². The molecule has 12 heteroatoms. The van der Waals surface area contributed by atoms with Gasteiger partial charge >= 0.3 is 6.18 Å². The van der Waals surface area contributed by atoms with Gasteiger partial charge in [-0.3, -0.25) is 9.59 Å². The summed E-state index contributed by atoms with van der Waals surface area (Å²) in [5.74, 6) is 0.335. The highest BCUT2D eigenvalue weighted by molar-refractivity contribution is 6.13. The molecule has 6 rings (SSSR count). The molecule has 42 heavy (non-hydrogen) atoms. The van der Waals surface area contributed by atoms with Gasteiger partial charge in [0.05, 0.1) is 17.6 Å². The van der Waals surface area contributed by atoms with Crippen LogP contribution in [0.25, 0.3) is 16.5 Å². The molecular formula is C30H23F3N6O3. The Balaban J connectivity index is 1.24. The predicted molar refractivity (Wildman–Crippen MR) is 149 cm³/mol. The van der Waals surface area contributed by atoms with Crippen molar-refractivity contribution < 1.29 is 27.5 Å². The van der Waals surface area contributed by atoms with Crippen LogP contribution in [0, 0.1) is 12.8 Å². The number of amides is 2. The maximum absolute atomic E-state index is 13.7. The quantitative estimate of drug-likeness (QED) is 0.229. The van der Waals surface area contributed by atoms with Crippen molar-refractivity contribution in [3.63, 3.8) is 0 Å². The van der Waals surface area contributed by atoms with Gasteiger partial charge < -0.3 is 19.9 Å². The fourth-order valence-corrected chi connectivity index (χ4v) is 4.44. The standard InChI is InChI=1S/C30H23F3N6O3/c1-17-14-39(16-36-17)22-11-20(30(31,32)33)10-21(12-22)37-29(41)25-4-2-3-19-9-23(7-8-24(19)25)42-27-13-26(34-15-35-27)38-28(40)18-5-6-18/h2-4,7-16,18H,5-6H2,1H3,(H,37,41)(H,34,35,38,40). The average Bonchev–Trinajstić information content (AvgIpc) is 3.72. The van der Waals surface area contributed by atoms with Gasteiger partial charge in [0, 0.05) is 35.1 Å². The number of nitrogens with zero attached hydrogens (tertiary/aromatic N) is 4. The number of fused-ring (bicyclic) bond motifs is 1.